The van der Waals surface area contributed by atoms with Gasteiger partial charge in [0, 0.05) is 5.56 Å². The zero-order chi connectivity index (χ0) is 9.14. The lowest BCUT2D eigenvalue weighted by atomic mass is 10.1. The van der Waals surface area contributed by atoms with E-state index < -0.39 is 6.10 Å². The fourth-order valence-corrected chi connectivity index (χ4v) is 1.61. The highest BCUT2D eigenvalue weighted by Crippen LogP contribution is 2.32. The van der Waals surface area contributed by atoms with Crippen LogP contribution >= 0.6 is 15.9 Å². The molecule has 0 spiro atoms. The average molecular weight is 231 g/mol. The minimum atomic E-state index is -0.502. The summed E-state index contributed by atoms with van der Waals surface area (Å²) < 4.78 is 5.99. The van der Waals surface area contributed by atoms with E-state index in [1.165, 1.54) is 0 Å². The van der Waals surface area contributed by atoms with Crippen LogP contribution in [0.3, 0.4) is 0 Å². The van der Waals surface area contributed by atoms with E-state index in [4.69, 9.17) is 4.74 Å². The molecular weight excluding hydrogens is 220 g/mol. The van der Waals surface area contributed by atoms with E-state index in [9.17, 15) is 5.11 Å². The summed E-state index contributed by atoms with van der Waals surface area (Å²) in [7, 11) is 1.59. The zero-order valence-corrected chi connectivity index (χ0v) is 8.63. The van der Waals surface area contributed by atoms with E-state index in [1.807, 2.05) is 18.2 Å². The number of benzene rings is 1. The van der Waals surface area contributed by atoms with E-state index in [0.717, 1.165) is 10.0 Å². The van der Waals surface area contributed by atoms with Crippen LogP contribution in [0.2, 0.25) is 0 Å². The topological polar surface area (TPSA) is 29.5 Å². The van der Waals surface area contributed by atoms with Crippen molar-refractivity contribution in [3.8, 4) is 5.75 Å². The van der Waals surface area contributed by atoms with Crippen LogP contribution in [0.25, 0.3) is 0 Å². The van der Waals surface area contributed by atoms with Crippen LogP contribution < -0.4 is 4.74 Å². The molecule has 0 aliphatic rings. The Balaban J connectivity index is 3.18. The van der Waals surface area contributed by atoms with Gasteiger partial charge in [0.2, 0.25) is 0 Å². The lowest BCUT2D eigenvalue weighted by Gasteiger charge is -2.11. The Bertz CT molecular complexity index is 271. The Labute approximate surface area is 80.3 Å². The molecular formula is C9H11BrO2. The maximum absolute atomic E-state index is 9.36. The predicted octanol–water partition coefficient (Wildman–Crippen LogP) is 2.51. The van der Waals surface area contributed by atoms with Crippen molar-refractivity contribution in [2.75, 3.05) is 7.11 Å². The molecule has 0 saturated carbocycles. The molecule has 0 amide bonds. The Morgan fingerprint density at radius 2 is 2.17 bits per heavy atom. The number of hydrogen-bond acceptors (Lipinski definition) is 2. The molecule has 1 aromatic carbocycles. The molecule has 0 saturated heterocycles. The molecule has 2 nitrogen and oxygen atoms in total. The quantitative estimate of drug-likeness (QED) is 0.847. The summed E-state index contributed by atoms with van der Waals surface area (Å²) in [5.41, 5.74) is 0.798. The maximum Gasteiger partial charge on any atom is 0.138 e. The molecule has 1 N–H and O–H groups in total. The smallest absolute Gasteiger partial charge is 0.138 e. The second kappa shape index (κ2) is 3.92. The minimum absolute atomic E-state index is 0.502. The highest BCUT2D eigenvalue weighted by Gasteiger charge is 2.10. The molecule has 3 heteroatoms. The summed E-state index contributed by atoms with van der Waals surface area (Å²) in [6.45, 7) is 1.71. The van der Waals surface area contributed by atoms with Gasteiger partial charge in [-0.05, 0) is 28.9 Å². The summed E-state index contributed by atoms with van der Waals surface area (Å²) in [6.07, 6.45) is -0.502. The van der Waals surface area contributed by atoms with Crippen LogP contribution in [-0.2, 0) is 0 Å². The van der Waals surface area contributed by atoms with Gasteiger partial charge in [-0.2, -0.15) is 0 Å². The highest BCUT2D eigenvalue weighted by atomic mass is 79.9. The van der Waals surface area contributed by atoms with Gasteiger partial charge in [-0.15, -0.1) is 0 Å². The van der Waals surface area contributed by atoms with Gasteiger partial charge in [-0.25, -0.2) is 0 Å². The fraction of sp³-hybridized carbons (Fsp3) is 0.333. The minimum Gasteiger partial charge on any atom is -0.495 e. The van der Waals surface area contributed by atoms with E-state index in [0.29, 0.717) is 5.75 Å². The number of rotatable bonds is 2. The third-order valence-corrected chi connectivity index (χ3v) is 2.28. The zero-order valence-electron chi connectivity index (χ0n) is 7.04. The maximum atomic E-state index is 9.36. The monoisotopic (exact) mass is 230 g/mol. The predicted molar refractivity (Wildman–Crippen MR) is 51.3 cm³/mol. The molecule has 0 bridgehead atoms. The SMILES string of the molecule is COc1c(Br)cccc1[C@H](C)O. The first-order chi connectivity index (χ1) is 5.66. The summed E-state index contributed by atoms with van der Waals surface area (Å²) in [6, 6.07) is 5.59. The van der Waals surface area contributed by atoms with Crippen molar-refractivity contribution in [2.24, 2.45) is 0 Å². The number of halogens is 1. The fourth-order valence-electron chi connectivity index (χ4n) is 1.07. The molecule has 1 aromatic rings. The van der Waals surface area contributed by atoms with Crippen molar-refractivity contribution in [2.45, 2.75) is 13.0 Å². The Morgan fingerprint density at radius 3 is 2.58 bits per heavy atom. The summed E-state index contributed by atoms with van der Waals surface area (Å²) in [5.74, 6) is 0.701. The molecule has 0 fully saturated rings. The summed E-state index contributed by atoms with van der Waals surface area (Å²) in [4.78, 5) is 0. The lowest BCUT2D eigenvalue weighted by Crippen LogP contribution is -1.96. The molecule has 0 radical (unpaired) electrons. The molecule has 1 rings (SSSR count). The van der Waals surface area contributed by atoms with Gasteiger partial charge in [0.1, 0.15) is 5.75 Å². The van der Waals surface area contributed by atoms with Gasteiger partial charge < -0.3 is 9.84 Å². The highest BCUT2D eigenvalue weighted by molar-refractivity contribution is 9.10. The van der Waals surface area contributed by atoms with Crippen LogP contribution in [0.4, 0.5) is 0 Å². The van der Waals surface area contributed by atoms with Gasteiger partial charge in [-0.3, -0.25) is 0 Å². The number of para-hydroxylation sites is 1. The van der Waals surface area contributed by atoms with Crippen molar-refractivity contribution >= 4 is 15.9 Å². The number of hydrogen-bond donors (Lipinski definition) is 1. The van der Waals surface area contributed by atoms with E-state index >= 15 is 0 Å². The van der Waals surface area contributed by atoms with Gasteiger partial charge >= 0.3 is 0 Å². The summed E-state index contributed by atoms with van der Waals surface area (Å²) in [5, 5.41) is 9.36. The molecule has 1 atom stereocenters. The van der Waals surface area contributed by atoms with Gasteiger partial charge in [-0.1, -0.05) is 12.1 Å². The van der Waals surface area contributed by atoms with Crippen LogP contribution in [-0.4, -0.2) is 12.2 Å². The molecule has 66 valence electrons. The van der Waals surface area contributed by atoms with Crippen molar-refractivity contribution in [3.63, 3.8) is 0 Å². The largest absolute Gasteiger partial charge is 0.495 e. The van der Waals surface area contributed by atoms with Crippen molar-refractivity contribution in [1.29, 1.82) is 0 Å². The number of aliphatic hydroxyl groups is 1. The molecule has 0 aromatic heterocycles. The van der Waals surface area contributed by atoms with Gasteiger partial charge in [0.05, 0.1) is 17.7 Å². The van der Waals surface area contributed by atoms with Crippen LogP contribution in [0.15, 0.2) is 22.7 Å². The Morgan fingerprint density at radius 1 is 1.50 bits per heavy atom. The third-order valence-electron chi connectivity index (χ3n) is 1.65. The van der Waals surface area contributed by atoms with Gasteiger partial charge in [0.15, 0.2) is 0 Å². The second-order valence-electron chi connectivity index (χ2n) is 2.54. The Kier molecular flexibility index (Phi) is 3.12. The molecule has 0 unspecified atom stereocenters. The lowest BCUT2D eigenvalue weighted by molar-refractivity contribution is 0.194. The summed E-state index contributed by atoms with van der Waals surface area (Å²) >= 11 is 3.34. The van der Waals surface area contributed by atoms with E-state index in [2.05, 4.69) is 15.9 Å². The number of aliphatic hydroxyl groups excluding tert-OH is 1. The van der Waals surface area contributed by atoms with Crippen molar-refractivity contribution in [1.82, 2.24) is 0 Å². The Hall–Kier alpha value is -0.540. The van der Waals surface area contributed by atoms with Gasteiger partial charge in [0.25, 0.3) is 0 Å². The molecule has 0 aliphatic carbocycles. The second-order valence-corrected chi connectivity index (χ2v) is 3.39. The van der Waals surface area contributed by atoms with E-state index in [-0.39, 0.29) is 0 Å². The molecule has 12 heavy (non-hydrogen) atoms. The average Bonchev–Trinajstić information content (AvgIpc) is 2.03. The number of ether oxygens (including phenoxy) is 1. The molecule has 0 heterocycles. The van der Waals surface area contributed by atoms with Crippen molar-refractivity contribution in [3.05, 3.63) is 28.2 Å². The molecule has 0 aliphatic heterocycles. The van der Waals surface area contributed by atoms with E-state index in [1.54, 1.807) is 14.0 Å². The first-order valence-corrected chi connectivity index (χ1v) is 4.46. The third kappa shape index (κ3) is 1.79. The van der Waals surface area contributed by atoms with Crippen LogP contribution in [0.1, 0.15) is 18.6 Å². The first-order valence-electron chi connectivity index (χ1n) is 3.67. The number of methoxy groups -OCH3 is 1. The van der Waals surface area contributed by atoms with Crippen LogP contribution in [0.5, 0.6) is 5.75 Å². The van der Waals surface area contributed by atoms with Crippen LogP contribution in [0, 0.1) is 0 Å². The first kappa shape index (κ1) is 9.55. The standard InChI is InChI=1S/C9H11BrO2/c1-6(11)7-4-3-5-8(10)9(7)12-2/h3-6,11H,1-2H3/t6-/m0/s1. The normalized spacial score (nSPS) is 12.7. The van der Waals surface area contributed by atoms with Crippen molar-refractivity contribution < 1.29 is 9.84 Å².